The Kier molecular flexibility index (Phi) is 5.31. The number of hydrogen-bond donors (Lipinski definition) is 0. The van der Waals surface area contributed by atoms with E-state index in [2.05, 4.69) is 25.8 Å². The van der Waals surface area contributed by atoms with E-state index in [1.807, 2.05) is 23.1 Å². The standard InChI is InChI=1S/C22H27N5OS/c28-21(12-11-20-23-17-8-3-4-9-18(17)29-20)26-13-6-7-16(15-26)22-25-24-19-10-2-1-5-14-27(19)22/h3-4,8-9,16H,1-2,5-7,10-15H2. The quantitative estimate of drug-likeness (QED) is 0.654. The van der Waals surface area contributed by atoms with Gasteiger partial charge in [-0.15, -0.1) is 21.5 Å². The summed E-state index contributed by atoms with van der Waals surface area (Å²) in [6.45, 7) is 2.66. The number of carbonyl (C=O) groups is 1. The molecule has 4 heterocycles. The number of fused-ring (bicyclic) bond motifs is 2. The van der Waals surface area contributed by atoms with Crippen LogP contribution >= 0.6 is 11.3 Å². The van der Waals surface area contributed by atoms with E-state index >= 15 is 0 Å². The third kappa shape index (κ3) is 3.92. The maximum absolute atomic E-state index is 12.9. The van der Waals surface area contributed by atoms with Crippen LogP contribution in [0.1, 0.15) is 61.1 Å². The van der Waals surface area contributed by atoms with E-state index in [9.17, 15) is 4.79 Å². The van der Waals surface area contributed by atoms with E-state index in [1.165, 1.54) is 24.0 Å². The lowest BCUT2D eigenvalue weighted by atomic mass is 9.96. The third-order valence-electron chi connectivity index (χ3n) is 6.17. The Morgan fingerprint density at radius 3 is 2.97 bits per heavy atom. The number of para-hydroxylation sites is 1. The van der Waals surface area contributed by atoms with Crippen molar-refractivity contribution in [2.24, 2.45) is 0 Å². The molecule has 7 heteroatoms. The fourth-order valence-corrected chi connectivity index (χ4v) is 5.59. The van der Waals surface area contributed by atoms with Crippen LogP contribution in [0.25, 0.3) is 10.2 Å². The number of hydrogen-bond acceptors (Lipinski definition) is 5. The van der Waals surface area contributed by atoms with Crippen molar-refractivity contribution in [1.82, 2.24) is 24.6 Å². The Hall–Kier alpha value is -2.28. The zero-order valence-electron chi connectivity index (χ0n) is 16.7. The second kappa shape index (κ2) is 8.22. The second-order valence-corrected chi connectivity index (χ2v) is 9.31. The Morgan fingerprint density at radius 1 is 1.10 bits per heavy atom. The molecular formula is C22H27N5OS. The minimum atomic E-state index is 0.240. The number of aromatic nitrogens is 4. The van der Waals surface area contributed by atoms with Gasteiger partial charge >= 0.3 is 0 Å². The van der Waals surface area contributed by atoms with Crippen LogP contribution in [0.3, 0.4) is 0 Å². The highest BCUT2D eigenvalue weighted by molar-refractivity contribution is 7.18. The largest absolute Gasteiger partial charge is 0.342 e. The van der Waals surface area contributed by atoms with E-state index in [0.29, 0.717) is 12.3 Å². The minimum Gasteiger partial charge on any atom is -0.342 e. The van der Waals surface area contributed by atoms with Crippen molar-refractivity contribution in [3.8, 4) is 0 Å². The van der Waals surface area contributed by atoms with Crippen LogP contribution in [0.5, 0.6) is 0 Å². The number of rotatable bonds is 4. The van der Waals surface area contributed by atoms with Crippen LogP contribution in [0.4, 0.5) is 0 Å². The highest BCUT2D eigenvalue weighted by Gasteiger charge is 2.29. The molecule has 6 nitrogen and oxygen atoms in total. The lowest BCUT2D eigenvalue weighted by Crippen LogP contribution is -2.40. The van der Waals surface area contributed by atoms with Crippen molar-refractivity contribution in [3.63, 3.8) is 0 Å². The highest BCUT2D eigenvalue weighted by atomic mass is 32.1. The summed E-state index contributed by atoms with van der Waals surface area (Å²) in [5.74, 6) is 2.79. The predicted molar refractivity (Wildman–Crippen MR) is 114 cm³/mol. The molecule has 2 aliphatic rings. The summed E-state index contributed by atoms with van der Waals surface area (Å²) in [4.78, 5) is 19.6. The summed E-state index contributed by atoms with van der Waals surface area (Å²) in [6, 6.07) is 8.17. The molecule has 1 unspecified atom stereocenters. The van der Waals surface area contributed by atoms with Gasteiger partial charge in [0.05, 0.1) is 15.2 Å². The number of amides is 1. The fourth-order valence-electron chi connectivity index (χ4n) is 4.62. The Balaban J connectivity index is 1.23. The van der Waals surface area contributed by atoms with Gasteiger partial charge in [0.2, 0.25) is 5.91 Å². The Morgan fingerprint density at radius 2 is 2.03 bits per heavy atom. The topological polar surface area (TPSA) is 63.9 Å². The van der Waals surface area contributed by atoms with Crippen LogP contribution in [0.2, 0.25) is 0 Å². The van der Waals surface area contributed by atoms with Crippen LogP contribution in [0.15, 0.2) is 24.3 Å². The average molecular weight is 410 g/mol. The van der Waals surface area contributed by atoms with Crippen molar-refractivity contribution in [2.45, 2.75) is 63.8 Å². The fraction of sp³-hybridized carbons (Fsp3) is 0.545. The molecule has 5 rings (SSSR count). The first-order valence-electron chi connectivity index (χ1n) is 10.8. The molecule has 0 spiro atoms. The molecule has 0 aliphatic carbocycles. The number of carbonyl (C=O) groups excluding carboxylic acids is 1. The van der Waals surface area contributed by atoms with Gasteiger partial charge in [-0.25, -0.2) is 4.98 Å². The van der Waals surface area contributed by atoms with Gasteiger partial charge in [0.25, 0.3) is 0 Å². The normalized spacial score (nSPS) is 19.9. The van der Waals surface area contributed by atoms with Gasteiger partial charge in [0, 0.05) is 44.8 Å². The summed E-state index contributed by atoms with van der Waals surface area (Å²) in [5.41, 5.74) is 1.03. The van der Waals surface area contributed by atoms with Crippen LogP contribution in [-0.4, -0.2) is 43.6 Å². The molecule has 152 valence electrons. The average Bonchev–Trinajstić information content (AvgIpc) is 3.28. The monoisotopic (exact) mass is 409 g/mol. The number of thiazole rings is 1. The molecule has 0 radical (unpaired) electrons. The number of aryl methyl sites for hydroxylation is 2. The lowest BCUT2D eigenvalue weighted by Gasteiger charge is -2.32. The number of piperidine rings is 1. The van der Waals surface area contributed by atoms with E-state index in [-0.39, 0.29) is 5.91 Å². The zero-order valence-corrected chi connectivity index (χ0v) is 17.5. The number of nitrogens with zero attached hydrogens (tertiary/aromatic N) is 5. The van der Waals surface area contributed by atoms with Gasteiger partial charge in [0.1, 0.15) is 11.6 Å². The van der Waals surface area contributed by atoms with Gasteiger partial charge in [-0.2, -0.15) is 0 Å². The van der Waals surface area contributed by atoms with Crippen LogP contribution in [-0.2, 0) is 24.2 Å². The molecule has 0 saturated carbocycles. The van der Waals surface area contributed by atoms with Crippen molar-refractivity contribution in [2.75, 3.05) is 13.1 Å². The molecule has 3 aromatic rings. The number of likely N-dealkylation sites (tertiary alicyclic amines) is 1. The first-order chi connectivity index (χ1) is 14.3. The maximum atomic E-state index is 12.9. The first kappa shape index (κ1) is 18.7. The molecule has 0 bridgehead atoms. The molecular weight excluding hydrogens is 382 g/mol. The predicted octanol–water partition coefficient (Wildman–Crippen LogP) is 3.95. The smallest absolute Gasteiger partial charge is 0.223 e. The van der Waals surface area contributed by atoms with Crippen LogP contribution in [0, 0.1) is 0 Å². The van der Waals surface area contributed by atoms with Crippen molar-refractivity contribution in [3.05, 3.63) is 40.9 Å². The molecule has 2 aromatic heterocycles. The zero-order chi connectivity index (χ0) is 19.6. The molecule has 29 heavy (non-hydrogen) atoms. The highest BCUT2D eigenvalue weighted by Crippen LogP contribution is 2.29. The Labute approximate surface area is 175 Å². The molecule has 1 saturated heterocycles. The summed E-state index contributed by atoms with van der Waals surface area (Å²) < 4.78 is 3.53. The van der Waals surface area contributed by atoms with Gasteiger partial charge in [-0.1, -0.05) is 18.6 Å². The minimum absolute atomic E-state index is 0.240. The third-order valence-corrected chi connectivity index (χ3v) is 7.26. The number of benzene rings is 1. The van der Waals surface area contributed by atoms with Crippen molar-refractivity contribution < 1.29 is 4.79 Å². The van der Waals surface area contributed by atoms with Gasteiger partial charge in [-0.3, -0.25) is 4.79 Å². The summed E-state index contributed by atoms with van der Waals surface area (Å²) in [6.07, 6.45) is 8.10. The molecule has 1 aromatic carbocycles. The van der Waals surface area contributed by atoms with Gasteiger partial charge < -0.3 is 9.47 Å². The van der Waals surface area contributed by atoms with Gasteiger partial charge in [-0.05, 0) is 37.8 Å². The summed E-state index contributed by atoms with van der Waals surface area (Å²) >= 11 is 1.70. The molecule has 0 N–H and O–H groups in total. The van der Waals surface area contributed by atoms with Crippen molar-refractivity contribution >= 4 is 27.5 Å². The summed E-state index contributed by atoms with van der Waals surface area (Å²) in [5, 5.41) is 10.1. The molecule has 2 aliphatic heterocycles. The first-order valence-corrected chi connectivity index (χ1v) is 11.6. The molecule has 1 atom stereocenters. The van der Waals surface area contributed by atoms with E-state index in [1.54, 1.807) is 11.3 Å². The maximum Gasteiger partial charge on any atom is 0.223 e. The Bertz CT molecular complexity index is 977. The van der Waals surface area contributed by atoms with E-state index < -0.39 is 0 Å². The van der Waals surface area contributed by atoms with E-state index in [0.717, 1.165) is 67.5 Å². The van der Waals surface area contributed by atoms with E-state index in [4.69, 9.17) is 0 Å². The molecule has 1 amide bonds. The SMILES string of the molecule is O=C(CCc1nc2ccccc2s1)N1CCCC(c2nnc3n2CCCCC3)C1. The van der Waals surface area contributed by atoms with Crippen LogP contribution < -0.4 is 0 Å². The summed E-state index contributed by atoms with van der Waals surface area (Å²) in [7, 11) is 0. The lowest BCUT2D eigenvalue weighted by molar-refractivity contribution is -0.132. The molecule has 1 fully saturated rings. The van der Waals surface area contributed by atoms with Gasteiger partial charge in [0.15, 0.2) is 0 Å². The second-order valence-electron chi connectivity index (χ2n) is 8.19. The van der Waals surface area contributed by atoms with Crippen molar-refractivity contribution in [1.29, 1.82) is 0 Å².